The zero-order valence-corrected chi connectivity index (χ0v) is 14.4. The van der Waals surface area contributed by atoms with Crippen molar-refractivity contribution in [2.45, 2.75) is 16.7 Å². The SMILES string of the molecule is CN(C)C(CNc1ccc(S(=O)(=O)C(F)F)cc1)c1cccs1. The molecule has 0 aliphatic rings. The lowest BCUT2D eigenvalue weighted by Gasteiger charge is -2.24. The average Bonchev–Trinajstić information content (AvgIpc) is 3.01. The van der Waals surface area contributed by atoms with Crippen molar-refractivity contribution in [1.29, 1.82) is 0 Å². The van der Waals surface area contributed by atoms with E-state index in [9.17, 15) is 17.2 Å². The molecule has 0 saturated heterocycles. The number of thiophene rings is 1. The summed E-state index contributed by atoms with van der Waals surface area (Å²) >= 11 is 1.66. The molecule has 0 aliphatic heterocycles. The fourth-order valence-corrected chi connectivity index (χ4v) is 3.74. The van der Waals surface area contributed by atoms with Gasteiger partial charge >= 0.3 is 5.76 Å². The molecule has 0 radical (unpaired) electrons. The molecule has 1 N–H and O–H groups in total. The van der Waals surface area contributed by atoms with Crippen LogP contribution in [0.2, 0.25) is 0 Å². The second-order valence-corrected chi connectivity index (χ2v) is 8.10. The highest BCUT2D eigenvalue weighted by molar-refractivity contribution is 7.91. The molecule has 0 saturated carbocycles. The summed E-state index contributed by atoms with van der Waals surface area (Å²) in [6.45, 7) is 0.620. The number of anilines is 1. The highest BCUT2D eigenvalue weighted by Gasteiger charge is 2.26. The number of rotatable bonds is 7. The van der Waals surface area contributed by atoms with Crippen molar-refractivity contribution in [2.24, 2.45) is 0 Å². The average molecular weight is 360 g/mol. The molecule has 23 heavy (non-hydrogen) atoms. The number of nitrogens with zero attached hydrogens (tertiary/aromatic N) is 1. The van der Waals surface area contributed by atoms with Crippen molar-refractivity contribution in [2.75, 3.05) is 26.0 Å². The van der Waals surface area contributed by atoms with Crippen LogP contribution < -0.4 is 5.32 Å². The van der Waals surface area contributed by atoms with Crippen LogP contribution in [0.4, 0.5) is 14.5 Å². The van der Waals surface area contributed by atoms with Crippen molar-refractivity contribution in [1.82, 2.24) is 4.90 Å². The van der Waals surface area contributed by atoms with E-state index < -0.39 is 15.6 Å². The Hall–Kier alpha value is -1.51. The van der Waals surface area contributed by atoms with Gasteiger partial charge < -0.3 is 10.2 Å². The van der Waals surface area contributed by atoms with Crippen molar-refractivity contribution in [3.8, 4) is 0 Å². The van der Waals surface area contributed by atoms with Crippen LogP contribution in [-0.4, -0.2) is 39.7 Å². The summed E-state index contributed by atoms with van der Waals surface area (Å²) in [5, 5.41) is 5.21. The fourth-order valence-electron chi connectivity index (χ4n) is 2.10. The van der Waals surface area contributed by atoms with Gasteiger partial charge in [-0.25, -0.2) is 8.42 Å². The predicted molar refractivity (Wildman–Crippen MR) is 88.9 cm³/mol. The number of alkyl halides is 2. The molecule has 1 aromatic carbocycles. The Morgan fingerprint density at radius 3 is 2.30 bits per heavy atom. The van der Waals surface area contributed by atoms with Crippen molar-refractivity contribution >= 4 is 26.9 Å². The highest BCUT2D eigenvalue weighted by Crippen LogP contribution is 2.24. The first-order valence-corrected chi connectivity index (χ1v) is 9.31. The Balaban J connectivity index is 2.07. The largest absolute Gasteiger partial charge is 0.383 e. The minimum atomic E-state index is -4.54. The third kappa shape index (κ3) is 4.27. The van der Waals surface area contributed by atoms with Crippen molar-refractivity contribution < 1.29 is 17.2 Å². The molecule has 0 spiro atoms. The summed E-state index contributed by atoms with van der Waals surface area (Å²) in [5.41, 5.74) is 0.682. The first kappa shape index (κ1) is 17.8. The van der Waals surface area contributed by atoms with E-state index >= 15 is 0 Å². The van der Waals surface area contributed by atoms with Gasteiger partial charge in [-0.1, -0.05) is 6.07 Å². The highest BCUT2D eigenvalue weighted by atomic mass is 32.2. The molecule has 2 aromatic rings. The Labute approximate surface area is 138 Å². The van der Waals surface area contributed by atoms with Gasteiger partial charge in [0.05, 0.1) is 10.9 Å². The van der Waals surface area contributed by atoms with E-state index in [0.29, 0.717) is 12.2 Å². The first-order valence-electron chi connectivity index (χ1n) is 6.88. The monoisotopic (exact) mass is 360 g/mol. The fraction of sp³-hybridized carbons (Fsp3) is 0.333. The van der Waals surface area contributed by atoms with Crippen LogP contribution in [-0.2, 0) is 9.84 Å². The summed E-state index contributed by atoms with van der Waals surface area (Å²) in [5.74, 6) is -3.40. The molecular weight excluding hydrogens is 342 g/mol. The summed E-state index contributed by atoms with van der Waals surface area (Å²) in [7, 11) is -0.588. The van der Waals surface area contributed by atoms with Gasteiger partial charge in [-0.05, 0) is 49.8 Å². The summed E-state index contributed by atoms with van der Waals surface area (Å²) in [4.78, 5) is 2.91. The number of nitrogens with one attached hydrogen (secondary N) is 1. The number of hydrogen-bond donors (Lipinski definition) is 1. The van der Waals surface area contributed by atoms with Crippen LogP contribution in [0.5, 0.6) is 0 Å². The van der Waals surface area contributed by atoms with Gasteiger partial charge in [-0.3, -0.25) is 0 Å². The van der Waals surface area contributed by atoms with Crippen LogP contribution in [0.25, 0.3) is 0 Å². The van der Waals surface area contributed by atoms with Crippen molar-refractivity contribution in [3.63, 3.8) is 0 Å². The minimum Gasteiger partial charge on any atom is -0.383 e. The molecule has 1 aromatic heterocycles. The molecule has 1 unspecified atom stereocenters. The van der Waals surface area contributed by atoms with E-state index in [1.54, 1.807) is 11.3 Å². The Kier molecular flexibility index (Phi) is 5.72. The Morgan fingerprint density at radius 1 is 1.17 bits per heavy atom. The normalized spacial score (nSPS) is 13.5. The van der Waals surface area contributed by atoms with E-state index in [1.807, 2.05) is 25.5 Å². The molecule has 0 bridgehead atoms. The molecule has 126 valence electrons. The maximum atomic E-state index is 12.5. The van der Waals surface area contributed by atoms with Crippen LogP contribution in [0.3, 0.4) is 0 Å². The molecule has 4 nitrogen and oxygen atoms in total. The zero-order valence-electron chi connectivity index (χ0n) is 12.7. The lowest BCUT2D eigenvalue weighted by molar-refractivity contribution is 0.234. The maximum absolute atomic E-state index is 12.5. The molecule has 1 atom stereocenters. The third-order valence-corrected chi connectivity index (χ3v) is 5.78. The van der Waals surface area contributed by atoms with E-state index in [2.05, 4.69) is 16.3 Å². The standard InChI is InChI=1S/C15H18F2N2O2S2/c1-19(2)13(14-4-3-9-22-14)10-18-11-5-7-12(8-6-11)23(20,21)15(16)17/h3-9,13,15,18H,10H2,1-2H3. The van der Waals surface area contributed by atoms with Gasteiger partial charge in [-0.2, -0.15) is 8.78 Å². The van der Waals surface area contributed by atoms with E-state index in [4.69, 9.17) is 0 Å². The molecule has 0 fully saturated rings. The topological polar surface area (TPSA) is 49.4 Å². The van der Waals surface area contributed by atoms with Gasteiger partial charge in [0.2, 0.25) is 9.84 Å². The Bertz CT molecular complexity index is 714. The maximum Gasteiger partial charge on any atom is 0.341 e. The van der Waals surface area contributed by atoms with Crippen LogP contribution >= 0.6 is 11.3 Å². The second-order valence-electron chi connectivity index (χ2n) is 5.21. The van der Waals surface area contributed by atoms with E-state index in [0.717, 1.165) is 0 Å². The number of benzene rings is 1. The number of sulfone groups is 1. The number of hydrogen-bond acceptors (Lipinski definition) is 5. The summed E-state index contributed by atoms with van der Waals surface area (Å²) in [6.07, 6.45) is 0. The Morgan fingerprint density at radius 2 is 1.83 bits per heavy atom. The minimum absolute atomic E-state index is 0.166. The van der Waals surface area contributed by atoms with Gasteiger partial charge in [0.25, 0.3) is 0 Å². The van der Waals surface area contributed by atoms with Gasteiger partial charge in [0, 0.05) is 17.1 Å². The zero-order chi connectivity index (χ0) is 17.0. The van der Waals surface area contributed by atoms with Gasteiger partial charge in [-0.15, -0.1) is 11.3 Å². The van der Waals surface area contributed by atoms with Gasteiger partial charge in [0.1, 0.15) is 0 Å². The smallest absolute Gasteiger partial charge is 0.341 e. The number of likely N-dealkylation sites (N-methyl/N-ethyl adjacent to an activating group) is 1. The lowest BCUT2D eigenvalue weighted by atomic mass is 10.2. The lowest BCUT2D eigenvalue weighted by Crippen LogP contribution is -2.26. The first-order chi connectivity index (χ1) is 10.8. The van der Waals surface area contributed by atoms with Crippen molar-refractivity contribution in [3.05, 3.63) is 46.7 Å². The van der Waals surface area contributed by atoms with Crippen LogP contribution in [0, 0.1) is 0 Å². The number of halogens is 2. The molecular formula is C15H18F2N2O2S2. The van der Waals surface area contributed by atoms with Gasteiger partial charge in [0.15, 0.2) is 0 Å². The molecule has 2 rings (SSSR count). The van der Waals surface area contributed by atoms with E-state index in [1.165, 1.54) is 29.1 Å². The molecule has 0 amide bonds. The predicted octanol–water partition coefficient (Wildman–Crippen LogP) is 3.46. The summed E-state index contributed by atoms with van der Waals surface area (Å²) < 4.78 is 47.7. The molecule has 0 aliphatic carbocycles. The van der Waals surface area contributed by atoms with E-state index in [-0.39, 0.29) is 10.9 Å². The quantitative estimate of drug-likeness (QED) is 0.822. The third-order valence-electron chi connectivity index (χ3n) is 3.41. The van der Waals surface area contributed by atoms with Crippen LogP contribution in [0.15, 0.2) is 46.7 Å². The summed E-state index contributed by atoms with van der Waals surface area (Å²) in [6, 6.07) is 9.58. The molecule has 1 heterocycles. The second kappa shape index (κ2) is 7.37. The van der Waals surface area contributed by atoms with Crippen LogP contribution in [0.1, 0.15) is 10.9 Å². The molecule has 8 heteroatoms.